The molecule has 0 unspecified atom stereocenters. The van der Waals surface area contributed by atoms with E-state index in [-0.39, 0.29) is 0 Å². The number of benzene rings is 1. The molecule has 1 amide bonds. The average molecular weight is 372 g/mol. The molecule has 5 nitrogen and oxygen atoms in total. The molecular formula is C18H23F3N2O3. The first kappa shape index (κ1) is 19.0. The van der Waals surface area contributed by atoms with Crippen LogP contribution >= 0.6 is 0 Å². The summed E-state index contributed by atoms with van der Waals surface area (Å²) >= 11 is 0. The number of rotatable bonds is 4. The summed E-state index contributed by atoms with van der Waals surface area (Å²) in [6, 6.07) is 6.11. The van der Waals surface area contributed by atoms with Gasteiger partial charge in [0, 0.05) is 39.1 Å². The van der Waals surface area contributed by atoms with Crippen molar-refractivity contribution in [1.82, 2.24) is 9.80 Å². The first-order valence-corrected chi connectivity index (χ1v) is 8.69. The quantitative estimate of drug-likeness (QED) is 0.878. The van der Waals surface area contributed by atoms with Crippen molar-refractivity contribution in [3.05, 3.63) is 29.3 Å². The van der Waals surface area contributed by atoms with Gasteiger partial charge in [0.2, 0.25) is 5.91 Å². The minimum atomic E-state index is -4.82. The molecule has 8 heteroatoms. The lowest BCUT2D eigenvalue weighted by Crippen LogP contribution is -2.52. The molecule has 3 rings (SSSR count). The molecule has 0 saturated carbocycles. The van der Waals surface area contributed by atoms with Crippen molar-refractivity contribution in [3.63, 3.8) is 0 Å². The van der Waals surface area contributed by atoms with E-state index in [2.05, 4.69) is 11.0 Å². The number of alkyl halides is 3. The van der Waals surface area contributed by atoms with Crippen LogP contribution in [0, 0.1) is 0 Å². The lowest BCUT2D eigenvalue weighted by atomic mass is 10.0. The van der Waals surface area contributed by atoms with Crippen LogP contribution in [0.15, 0.2) is 18.2 Å². The van der Waals surface area contributed by atoms with Gasteiger partial charge in [0.05, 0.1) is 13.0 Å². The molecule has 1 N–H and O–H groups in total. The van der Waals surface area contributed by atoms with Gasteiger partial charge in [-0.2, -0.15) is 13.2 Å². The van der Waals surface area contributed by atoms with E-state index in [0.717, 1.165) is 24.3 Å². The number of hydrogen-bond acceptors (Lipinski definition) is 4. The summed E-state index contributed by atoms with van der Waals surface area (Å²) < 4.78 is 43.7. The van der Waals surface area contributed by atoms with E-state index in [9.17, 15) is 23.1 Å². The van der Waals surface area contributed by atoms with E-state index >= 15 is 0 Å². The molecule has 0 radical (unpaired) electrons. The number of halogens is 3. The second kappa shape index (κ2) is 7.08. The van der Waals surface area contributed by atoms with E-state index in [1.165, 1.54) is 10.5 Å². The maximum atomic E-state index is 12.7. The van der Waals surface area contributed by atoms with Crippen molar-refractivity contribution >= 4 is 5.91 Å². The second-order valence-electron chi connectivity index (χ2n) is 7.15. The molecule has 144 valence electrons. The fourth-order valence-electron chi connectivity index (χ4n) is 3.26. The van der Waals surface area contributed by atoms with Gasteiger partial charge in [-0.1, -0.05) is 12.1 Å². The summed E-state index contributed by atoms with van der Waals surface area (Å²) in [5.74, 6) is 0.266. The number of hydrogen-bond donors (Lipinski definition) is 1. The van der Waals surface area contributed by atoms with Crippen LogP contribution in [0.1, 0.15) is 24.5 Å². The lowest BCUT2D eigenvalue weighted by Gasteiger charge is -2.36. The zero-order chi connectivity index (χ0) is 18.9. The van der Waals surface area contributed by atoms with E-state index in [0.29, 0.717) is 39.7 Å². The first-order valence-electron chi connectivity index (χ1n) is 8.69. The smallest absolute Gasteiger partial charge is 0.417 e. The summed E-state index contributed by atoms with van der Waals surface area (Å²) in [5, 5.41) is 9.48. The molecule has 1 atom stereocenters. The van der Waals surface area contributed by atoms with Gasteiger partial charge in [0.1, 0.15) is 5.75 Å². The van der Waals surface area contributed by atoms with Gasteiger partial charge in [0.25, 0.3) is 0 Å². The zero-order valence-corrected chi connectivity index (χ0v) is 14.7. The average Bonchev–Trinajstić information content (AvgIpc) is 3.01. The highest BCUT2D eigenvalue weighted by molar-refractivity contribution is 5.77. The standard InChI is InChI=1S/C18H23F3N2O3/c1-17(25,18(19,20)21)11-16(24)23-7-5-22(6-8-23)12-13-2-3-15-14(10-13)4-9-26-15/h2-3,10,25H,4-9,11-12H2,1H3/t17-/m1/s1. The van der Waals surface area contributed by atoms with Crippen molar-refractivity contribution in [3.8, 4) is 5.75 Å². The van der Waals surface area contributed by atoms with Crippen LogP contribution in [0.5, 0.6) is 5.75 Å². The SMILES string of the molecule is C[C@@](O)(CC(=O)N1CCN(Cc2ccc3c(c2)CCO3)CC1)C(F)(F)F. The fourth-order valence-corrected chi connectivity index (χ4v) is 3.26. The van der Waals surface area contributed by atoms with E-state index < -0.39 is 24.1 Å². The molecule has 1 aromatic carbocycles. The summed E-state index contributed by atoms with van der Waals surface area (Å²) in [7, 11) is 0. The van der Waals surface area contributed by atoms with Crippen LogP contribution in [0.4, 0.5) is 13.2 Å². The van der Waals surface area contributed by atoms with Crippen LogP contribution in [0.3, 0.4) is 0 Å². The van der Waals surface area contributed by atoms with Crippen LogP contribution < -0.4 is 4.74 Å². The number of piperazine rings is 1. The molecule has 2 aliphatic rings. The number of carbonyl (C=O) groups excluding carboxylic acids is 1. The Kier molecular flexibility index (Phi) is 5.16. The van der Waals surface area contributed by atoms with Crippen molar-refractivity contribution in [2.45, 2.75) is 38.1 Å². The van der Waals surface area contributed by atoms with Crippen LogP contribution in [-0.4, -0.2) is 65.4 Å². The maximum absolute atomic E-state index is 12.7. The van der Waals surface area contributed by atoms with E-state index in [4.69, 9.17) is 4.74 Å². The Labute approximate surface area is 150 Å². The molecule has 2 aliphatic heterocycles. The van der Waals surface area contributed by atoms with Crippen molar-refractivity contribution in [2.24, 2.45) is 0 Å². The predicted molar refractivity (Wildman–Crippen MR) is 88.8 cm³/mol. The molecule has 0 aromatic heterocycles. The zero-order valence-electron chi connectivity index (χ0n) is 14.7. The highest BCUT2D eigenvalue weighted by Gasteiger charge is 2.51. The summed E-state index contributed by atoms with van der Waals surface area (Å²) in [6.07, 6.45) is -4.85. The van der Waals surface area contributed by atoms with Gasteiger partial charge < -0.3 is 14.7 Å². The third kappa shape index (κ3) is 4.12. The van der Waals surface area contributed by atoms with Crippen molar-refractivity contribution in [1.29, 1.82) is 0 Å². The topological polar surface area (TPSA) is 53.0 Å². The predicted octanol–water partition coefficient (Wildman–Crippen LogP) is 1.97. The fraction of sp³-hybridized carbons (Fsp3) is 0.611. The van der Waals surface area contributed by atoms with E-state index in [1.807, 2.05) is 12.1 Å². The molecule has 0 aliphatic carbocycles. The lowest BCUT2D eigenvalue weighted by molar-refractivity contribution is -0.254. The van der Waals surface area contributed by atoms with Gasteiger partial charge in [-0.15, -0.1) is 0 Å². The molecule has 2 heterocycles. The Bertz CT molecular complexity index is 668. The Hall–Kier alpha value is -1.80. The van der Waals surface area contributed by atoms with Crippen LogP contribution in [0.25, 0.3) is 0 Å². The van der Waals surface area contributed by atoms with Gasteiger partial charge in [-0.3, -0.25) is 9.69 Å². The Morgan fingerprint density at radius 2 is 1.92 bits per heavy atom. The molecule has 1 aromatic rings. The van der Waals surface area contributed by atoms with Gasteiger partial charge in [-0.25, -0.2) is 0 Å². The minimum absolute atomic E-state index is 0.362. The largest absolute Gasteiger partial charge is 0.493 e. The molecular weight excluding hydrogens is 349 g/mol. The summed E-state index contributed by atoms with van der Waals surface area (Å²) in [5.41, 5.74) is -0.631. The minimum Gasteiger partial charge on any atom is -0.493 e. The normalized spacial score (nSPS) is 20.4. The highest BCUT2D eigenvalue weighted by Crippen LogP contribution is 2.33. The number of carbonyl (C=O) groups is 1. The van der Waals surface area contributed by atoms with E-state index in [1.54, 1.807) is 0 Å². The number of ether oxygens (including phenoxy) is 1. The second-order valence-corrected chi connectivity index (χ2v) is 7.15. The summed E-state index contributed by atoms with van der Waals surface area (Å²) in [6.45, 7) is 3.98. The van der Waals surface area contributed by atoms with Gasteiger partial charge in [0.15, 0.2) is 5.60 Å². The van der Waals surface area contributed by atoms with Gasteiger partial charge in [-0.05, 0) is 24.1 Å². The third-order valence-electron chi connectivity index (χ3n) is 4.99. The maximum Gasteiger partial charge on any atom is 0.417 e. The van der Waals surface area contributed by atoms with Crippen molar-refractivity contribution < 1.29 is 27.8 Å². The highest BCUT2D eigenvalue weighted by atomic mass is 19.4. The molecule has 0 bridgehead atoms. The summed E-state index contributed by atoms with van der Waals surface area (Å²) in [4.78, 5) is 15.7. The molecule has 1 saturated heterocycles. The monoisotopic (exact) mass is 372 g/mol. The van der Waals surface area contributed by atoms with Crippen molar-refractivity contribution in [2.75, 3.05) is 32.8 Å². The number of fused-ring (bicyclic) bond motifs is 1. The number of amides is 1. The molecule has 1 fully saturated rings. The molecule has 26 heavy (non-hydrogen) atoms. The Morgan fingerprint density at radius 1 is 1.23 bits per heavy atom. The van der Waals surface area contributed by atoms with Gasteiger partial charge >= 0.3 is 6.18 Å². The Balaban J connectivity index is 1.50. The third-order valence-corrected chi connectivity index (χ3v) is 4.99. The van der Waals surface area contributed by atoms with Crippen LogP contribution in [-0.2, 0) is 17.8 Å². The number of nitrogens with zero attached hydrogens (tertiary/aromatic N) is 2. The Morgan fingerprint density at radius 3 is 2.58 bits per heavy atom. The first-order chi connectivity index (χ1) is 12.2. The van der Waals surface area contributed by atoms with Crippen LogP contribution in [0.2, 0.25) is 0 Å². The molecule has 0 spiro atoms. The number of aliphatic hydroxyl groups is 1.